The highest BCUT2D eigenvalue weighted by atomic mass is 32.1. The molecule has 0 radical (unpaired) electrons. The van der Waals surface area contributed by atoms with Gasteiger partial charge in [0.25, 0.3) is 5.91 Å². The third kappa shape index (κ3) is 2.79. The zero-order valence-electron chi connectivity index (χ0n) is 13.5. The number of nitrogens with zero attached hydrogens (tertiary/aromatic N) is 3. The third-order valence-electron chi connectivity index (χ3n) is 4.37. The Kier molecular flexibility index (Phi) is 4.00. The molecule has 24 heavy (non-hydrogen) atoms. The van der Waals surface area contributed by atoms with Crippen molar-refractivity contribution in [1.82, 2.24) is 14.9 Å². The van der Waals surface area contributed by atoms with Crippen LogP contribution < -0.4 is 5.32 Å². The molecule has 3 aromatic rings. The first-order valence-electron chi connectivity index (χ1n) is 8.10. The van der Waals surface area contributed by atoms with E-state index in [1.165, 1.54) is 4.88 Å². The monoisotopic (exact) mass is 338 g/mol. The SMILES string of the molecule is CCN1CCc2nc(NC(=O)c3nccc4ccccc34)sc2C1. The number of thiazole rings is 1. The molecule has 0 spiro atoms. The lowest BCUT2D eigenvalue weighted by Crippen LogP contribution is -2.29. The van der Waals surface area contributed by atoms with Crippen molar-refractivity contribution in [2.24, 2.45) is 0 Å². The van der Waals surface area contributed by atoms with Crippen LogP contribution in [-0.2, 0) is 13.0 Å². The molecule has 3 heterocycles. The largest absolute Gasteiger partial charge is 0.298 e. The fourth-order valence-electron chi connectivity index (χ4n) is 3.03. The molecule has 122 valence electrons. The van der Waals surface area contributed by atoms with Crippen molar-refractivity contribution in [2.75, 3.05) is 18.4 Å². The van der Waals surface area contributed by atoms with Gasteiger partial charge in [-0.05, 0) is 18.0 Å². The van der Waals surface area contributed by atoms with Gasteiger partial charge in [0, 0.05) is 36.0 Å². The molecule has 1 aliphatic heterocycles. The predicted molar refractivity (Wildman–Crippen MR) is 96.5 cm³/mol. The Morgan fingerprint density at radius 1 is 1.33 bits per heavy atom. The summed E-state index contributed by atoms with van der Waals surface area (Å²) < 4.78 is 0. The quantitative estimate of drug-likeness (QED) is 0.796. The number of rotatable bonds is 3. The summed E-state index contributed by atoms with van der Waals surface area (Å²) in [4.78, 5) is 25.1. The number of carbonyl (C=O) groups excluding carboxylic acids is 1. The van der Waals surface area contributed by atoms with Gasteiger partial charge in [0.05, 0.1) is 5.69 Å². The summed E-state index contributed by atoms with van der Waals surface area (Å²) in [5.41, 5.74) is 1.56. The molecule has 4 rings (SSSR count). The molecule has 0 aliphatic carbocycles. The molecule has 1 aromatic carbocycles. The van der Waals surface area contributed by atoms with E-state index >= 15 is 0 Å². The van der Waals surface area contributed by atoms with Gasteiger partial charge in [0.15, 0.2) is 5.13 Å². The van der Waals surface area contributed by atoms with E-state index in [9.17, 15) is 4.79 Å². The van der Waals surface area contributed by atoms with E-state index in [2.05, 4.69) is 27.1 Å². The Hall–Kier alpha value is -2.31. The van der Waals surface area contributed by atoms with Crippen LogP contribution in [0.4, 0.5) is 5.13 Å². The topological polar surface area (TPSA) is 58.1 Å². The lowest BCUT2D eigenvalue weighted by molar-refractivity contribution is 0.102. The first-order valence-corrected chi connectivity index (χ1v) is 8.92. The van der Waals surface area contributed by atoms with E-state index in [4.69, 9.17) is 0 Å². The lowest BCUT2D eigenvalue weighted by atomic mass is 10.1. The summed E-state index contributed by atoms with van der Waals surface area (Å²) in [6.45, 7) is 5.16. The van der Waals surface area contributed by atoms with Gasteiger partial charge in [-0.1, -0.05) is 31.2 Å². The second-order valence-electron chi connectivity index (χ2n) is 5.84. The minimum absolute atomic E-state index is 0.203. The number of fused-ring (bicyclic) bond motifs is 2. The van der Waals surface area contributed by atoms with E-state index in [0.717, 1.165) is 42.5 Å². The zero-order chi connectivity index (χ0) is 16.5. The number of aromatic nitrogens is 2. The van der Waals surface area contributed by atoms with E-state index in [-0.39, 0.29) is 5.91 Å². The maximum atomic E-state index is 12.6. The molecule has 0 saturated heterocycles. The molecule has 0 fully saturated rings. The van der Waals surface area contributed by atoms with Crippen molar-refractivity contribution in [3.05, 3.63) is 52.8 Å². The number of carbonyl (C=O) groups is 1. The Morgan fingerprint density at radius 2 is 2.21 bits per heavy atom. The Morgan fingerprint density at radius 3 is 3.08 bits per heavy atom. The molecule has 5 nitrogen and oxygen atoms in total. The van der Waals surface area contributed by atoms with Crippen molar-refractivity contribution >= 4 is 33.1 Å². The standard InChI is InChI=1S/C18H18N4OS/c1-2-22-10-8-14-15(11-22)24-18(20-14)21-17(23)16-13-6-4-3-5-12(13)7-9-19-16/h3-7,9H,2,8,10-11H2,1H3,(H,20,21,23). The predicted octanol–water partition coefficient (Wildman–Crippen LogP) is 3.32. The number of pyridine rings is 1. The number of likely N-dealkylation sites (N-methyl/N-ethyl adjacent to an activating group) is 1. The van der Waals surface area contributed by atoms with Gasteiger partial charge < -0.3 is 0 Å². The van der Waals surface area contributed by atoms with Crippen LogP contribution in [0.25, 0.3) is 10.8 Å². The lowest BCUT2D eigenvalue weighted by Gasteiger charge is -2.23. The number of benzene rings is 1. The summed E-state index contributed by atoms with van der Waals surface area (Å²) in [7, 11) is 0. The third-order valence-corrected chi connectivity index (χ3v) is 5.36. The average Bonchev–Trinajstić information content (AvgIpc) is 3.02. The van der Waals surface area contributed by atoms with Crippen LogP contribution >= 0.6 is 11.3 Å². The fraction of sp³-hybridized carbons (Fsp3) is 0.278. The van der Waals surface area contributed by atoms with Crippen LogP contribution in [0.15, 0.2) is 36.5 Å². The smallest absolute Gasteiger partial charge is 0.276 e. The summed E-state index contributed by atoms with van der Waals surface area (Å²) >= 11 is 1.57. The van der Waals surface area contributed by atoms with Crippen LogP contribution in [0.5, 0.6) is 0 Å². The van der Waals surface area contributed by atoms with Crippen molar-refractivity contribution in [2.45, 2.75) is 19.9 Å². The minimum atomic E-state index is -0.203. The van der Waals surface area contributed by atoms with Crippen molar-refractivity contribution < 1.29 is 4.79 Å². The molecular formula is C18H18N4OS. The fourth-order valence-corrected chi connectivity index (χ4v) is 4.07. The molecule has 0 unspecified atom stereocenters. The highest BCUT2D eigenvalue weighted by Gasteiger charge is 2.21. The molecular weight excluding hydrogens is 320 g/mol. The van der Waals surface area contributed by atoms with Crippen LogP contribution in [0.1, 0.15) is 28.0 Å². The maximum absolute atomic E-state index is 12.6. The van der Waals surface area contributed by atoms with Gasteiger partial charge in [-0.3, -0.25) is 20.0 Å². The molecule has 0 bridgehead atoms. The number of nitrogens with one attached hydrogen (secondary N) is 1. The minimum Gasteiger partial charge on any atom is -0.298 e. The molecule has 0 saturated carbocycles. The van der Waals surface area contributed by atoms with Crippen molar-refractivity contribution in [3.8, 4) is 0 Å². The van der Waals surface area contributed by atoms with Crippen molar-refractivity contribution in [3.63, 3.8) is 0 Å². The number of hydrogen-bond donors (Lipinski definition) is 1. The summed E-state index contributed by atoms with van der Waals surface area (Å²) in [6.07, 6.45) is 2.62. The van der Waals surface area contributed by atoms with Gasteiger partial charge in [-0.15, -0.1) is 11.3 Å². The first kappa shape index (κ1) is 15.2. The summed E-state index contributed by atoms with van der Waals surface area (Å²) in [5, 5.41) is 5.46. The maximum Gasteiger partial charge on any atom is 0.276 e. The zero-order valence-corrected chi connectivity index (χ0v) is 14.3. The molecule has 2 aromatic heterocycles. The Labute approximate surface area is 144 Å². The van der Waals surface area contributed by atoms with Gasteiger partial charge in [-0.2, -0.15) is 0 Å². The van der Waals surface area contributed by atoms with Crippen LogP contribution in [0, 0.1) is 0 Å². The first-order chi connectivity index (χ1) is 11.7. The highest BCUT2D eigenvalue weighted by Crippen LogP contribution is 2.28. The van der Waals surface area contributed by atoms with Crippen molar-refractivity contribution in [1.29, 1.82) is 0 Å². The molecule has 0 atom stereocenters. The highest BCUT2D eigenvalue weighted by molar-refractivity contribution is 7.15. The van der Waals surface area contributed by atoms with Gasteiger partial charge >= 0.3 is 0 Å². The normalized spacial score (nSPS) is 14.5. The van der Waals surface area contributed by atoms with Gasteiger partial charge in [0.2, 0.25) is 0 Å². The molecule has 1 aliphatic rings. The molecule has 1 N–H and O–H groups in total. The number of anilines is 1. The molecule has 6 heteroatoms. The Balaban J connectivity index is 1.59. The van der Waals surface area contributed by atoms with Crippen LogP contribution in [0.2, 0.25) is 0 Å². The number of amides is 1. The second-order valence-corrected chi connectivity index (χ2v) is 6.93. The Bertz CT molecular complexity index is 900. The summed E-state index contributed by atoms with van der Waals surface area (Å²) in [6, 6.07) is 9.69. The van der Waals surface area contributed by atoms with E-state index < -0.39 is 0 Å². The average molecular weight is 338 g/mol. The van der Waals surface area contributed by atoms with E-state index in [1.807, 2.05) is 30.3 Å². The number of hydrogen-bond acceptors (Lipinski definition) is 5. The summed E-state index contributed by atoms with van der Waals surface area (Å²) in [5.74, 6) is -0.203. The second kappa shape index (κ2) is 6.30. The van der Waals surface area contributed by atoms with Gasteiger partial charge in [-0.25, -0.2) is 4.98 Å². The van der Waals surface area contributed by atoms with Crippen LogP contribution in [0.3, 0.4) is 0 Å². The van der Waals surface area contributed by atoms with E-state index in [0.29, 0.717) is 10.8 Å². The molecule has 1 amide bonds. The van der Waals surface area contributed by atoms with Gasteiger partial charge in [0.1, 0.15) is 5.69 Å². The van der Waals surface area contributed by atoms with E-state index in [1.54, 1.807) is 17.5 Å². The van der Waals surface area contributed by atoms with Crippen LogP contribution in [-0.4, -0.2) is 33.9 Å².